The van der Waals surface area contributed by atoms with Gasteiger partial charge in [0.25, 0.3) is 0 Å². The Labute approximate surface area is 328 Å². The van der Waals surface area contributed by atoms with Crippen LogP contribution in [0.5, 0.6) is 0 Å². The fourth-order valence-corrected chi connectivity index (χ4v) is 8.56. The molecule has 0 aliphatic carbocycles. The van der Waals surface area contributed by atoms with Crippen molar-refractivity contribution < 1.29 is 0 Å². The lowest BCUT2D eigenvalue weighted by molar-refractivity contribution is 0.359. The molecule has 274 valence electrons. The molecule has 3 atom stereocenters. The van der Waals surface area contributed by atoms with Crippen molar-refractivity contribution in [3.63, 3.8) is 0 Å². The highest BCUT2D eigenvalue weighted by atomic mass is 15.2. The van der Waals surface area contributed by atoms with Crippen molar-refractivity contribution in [2.45, 2.75) is 38.6 Å². The van der Waals surface area contributed by atoms with E-state index in [1.165, 1.54) is 48.7 Å². The van der Waals surface area contributed by atoms with Gasteiger partial charge in [0.05, 0.1) is 23.7 Å². The molecule has 4 N–H and O–H groups in total. The Balaban J connectivity index is 1.21. The van der Waals surface area contributed by atoms with E-state index in [2.05, 4.69) is 199 Å². The summed E-state index contributed by atoms with van der Waals surface area (Å²) < 4.78 is 0. The third-order valence-electron chi connectivity index (χ3n) is 11.4. The first-order chi connectivity index (χ1) is 27.5. The van der Waals surface area contributed by atoms with E-state index in [1.807, 2.05) is 18.2 Å². The summed E-state index contributed by atoms with van der Waals surface area (Å²) in [6.45, 7) is 4.52. The fraction of sp³-hybridized carbons (Fsp3) is 0.115. The van der Waals surface area contributed by atoms with Crippen LogP contribution < -0.4 is 31.7 Å². The minimum atomic E-state index is -0.394. The average molecular weight is 727 g/mol. The summed E-state index contributed by atoms with van der Waals surface area (Å²) in [5.74, 6) is 0. The number of hydrogen-bond acceptors (Lipinski definition) is 4. The van der Waals surface area contributed by atoms with Gasteiger partial charge in [0, 0.05) is 23.2 Å². The van der Waals surface area contributed by atoms with Crippen LogP contribution in [-0.2, 0) is 0 Å². The molecular formula is C52H46N4. The second-order valence-corrected chi connectivity index (χ2v) is 14.8. The summed E-state index contributed by atoms with van der Waals surface area (Å²) in [4.78, 5) is 2.39. The van der Waals surface area contributed by atoms with Crippen LogP contribution in [0.15, 0.2) is 182 Å². The number of anilines is 2. The molecule has 8 aromatic rings. The van der Waals surface area contributed by atoms with E-state index >= 15 is 0 Å². The lowest BCUT2D eigenvalue weighted by atomic mass is 9.93. The molecule has 8 aromatic carbocycles. The van der Waals surface area contributed by atoms with Crippen LogP contribution in [-0.4, -0.2) is 0 Å². The lowest BCUT2D eigenvalue weighted by Gasteiger charge is -2.31. The molecule has 4 heteroatoms. The standard InChI is InChI=1S/C52H46N4/c1-35-41-24-9-6-17-37(41)20-14-15-34-56(49-32-30-39-19-8-11-26-44(39)50(35)49)48-33-31-47(45-27-12-13-28-46(45)48)52(55-51(53)40-21-4-3-5-22-40)54-36(2)42-29-16-23-38-18-7-10-25-43(38)42/h3-13,15-34,36,51-52,54-55H,14,53H2,1-2H3/b34-15?,37-20-,41-35+. The molecule has 0 fully saturated rings. The van der Waals surface area contributed by atoms with Gasteiger partial charge in [-0.1, -0.05) is 170 Å². The van der Waals surface area contributed by atoms with Gasteiger partial charge < -0.3 is 10.6 Å². The SMILES string of the molecule is C/C1=c2/cccc/c2=C/CC=CN(c2ccc(C(NC(C)c3cccc4ccccc34)NC(N)c3ccccc3)c3ccccc23)c2ccc3ccccc3c21. The Morgan fingerprint density at radius 1 is 0.554 bits per heavy atom. The van der Waals surface area contributed by atoms with Gasteiger partial charge in [0.1, 0.15) is 0 Å². The van der Waals surface area contributed by atoms with Crippen LogP contribution in [0.3, 0.4) is 0 Å². The maximum Gasteiger partial charge on any atom is 0.0860 e. The zero-order valence-corrected chi connectivity index (χ0v) is 31.9. The van der Waals surface area contributed by atoms with Gasteiger partial charge in [-0.25, -0.2) is 0 Å². The van der Waals surface area contributed by atoms with Gasteiger partial charge in [-0.3, -0.25) is 10.6 Å². The Bertz CT molecular complexity index is 2850. The molecule has 0 bridgehead atoms. The van der Waals surface area contributed by atoms with Gasteiger partial charge in [-0.2, -0.15) is 0 Å². The maximum atomic E-state index is 6.96. The fourth-order valence-electron chi connectivity index (χ4n) is 8.56. The normalized spacial score (nSPS) is 16.1. The van der Waals surface area contributed by atoms with Gasteiger partial charge in [-0.15, -0.1) is 0 Å². The molecule has 1 heterocycles. The maximum absolute atomic E-state index is 6.96. The predicted molar refractivity (Wildman–Crippen MR) is 237 cm³/mol. The molecule has 0 aromatic heterocycles. The molecule has 9 rings (SSSR count). The molecule has 0 radical (unpaired) electrons. The number of nitrogens with zero attached hydrogens (tertiary/aromatic N) is 1. The second kappa shape index (κ2) is 15.4. The van der Waals surface area contributed by atoms with E-state index in [0.717, 1.165) is 39.7 Å². The van der Waals surface area contributed by atoms with E-state index in [1.54, 1.807) is 0 Å². The first-order valence-corrected chi connectivity index (χ1v) is 19.6. The van der Waals surface area contributed by atoms with Crippen LogP contribution >= 0.6 is 0 Å². The van der Waals surface area contributed by atoms with Crippen molar-refractivity contribution in [3.8, 4) is 0 Å². The molecule has 3 unspecified atom stereocenters. The number of benzene rings is 8. The summed E-state index contributed by atoms with van der Waals surface area (Å²) in [5, 5.41) is 17.6. The number of nitrogens with one attached hydrogen (secondary N) is 2. The molecule has 4 nitrogen and oxygen atoms in total. The number of nitrogens with two attached hydrogens (primary N) is 1. The Kier molecular flexibility index (Phi) is 9.77. The van der Waals surface area contributed by atoms with Crippen molar-refractivity contribution in [1.82, 2.24) is 10.6 Å². The zero-order valence-electron chi connectivity index (χ0n) is 31.9. The van der Waals surface area contributed by atoms with E-state index in [-0.39, 0.29) is 12.2 Å². The highest BCUT2D eigenvalue weighted by molar-refractivity contribution is 6.04. The summed E-state index contributed by atoms with van der Waals surface area (Å²) in [6, 6.07) is 60.9. The largest absolute Gasteiger partial charge is 0.316 e. The third kappa shape index (κ3) is 6.69. The van der Waals surface area contributed by atoms with Crippen LogP contribution in [0.25, 0.3) is 44.0 Å². The van der Waals surface area contributed by atoms with Crippen molar-refractivity contribution >= 4 is 55.3 Å². The number of hydrogen-bond donors (Lipinski definition) is 3. The zero-order chi connectivity index (χ0) is 38.0. The van der Waals surface area contributed by atoms with E-state index in [4.69, 9.17) is 5.73 Å². The van der Waals surface area contributed by atoms with Crippen molar-refractivity contribution in [2.24, 2.45) is 5.73 Å². The molecule has 56 heavy (non-hydrogen) atoms. The number of fused-ring (bicyclic) bond motifs is 6. The Morgan fingerprint density at radius 3 is 2.02 bits per heavy atom. The number of allylic oxidation sites excluding steroid dienone is 1. The Hall–Kier alpha value is -6.30. The highest BCUT2D eigenvalue weighted by Gasteiger charge is 2.24. The third-order valence-corrected chi connectivity index (χ3v) is 11.4. The topological polar surface area (TPSA) is 53.3 Å². The summed E-state index contributed by atoms with van der Waals surface area (Å²) >= 11 is 0. The first-order valence-electron chi connectivity index (χ1n) is 19.6. The molecular weight excluding hydrogens is 681 g/mol. The van der Waals surface area contributed by atoms with E-state index < -0.39 is 6.17 Å². The smallest absolute Gasteiger partial charge is 0.0860 e. The lowest BCUT2D eigenvalue weighted by Crippen LogP contribution is -2.41. The van der Waals surface area contributed by atoms with Gasteiger partial charge in [0.15, 0.2) is 0 Å². The van der Waals surface area contributed by atoms with Gasteiger partial charge >= 0.3 is 0 Å². The predicted octanol–water partition coefficient (Wildman–Crippen LogP) is 10.8. The molecule has 0 saturated carbocycles. The highest BCUT2D eigenvalue weighted by Crippen LogP contribution is 2.42. The van der Waals surface area contributed by atoms with E-state index in [0.29, 0.717) is 0 Å². The first kappa shape index (κ1) is 35.4. The quantitative estimate of drug-likeness (QED) is 0.137. The van der Waals surface area contributed by atoms with Gasteiger partial charge in [0.2, 0.25) is 0 Å². The minimum Gasteiger partial charge on any atom is -0.316 e. The molecule has 0 saturated heterocycles. The Morgan fingerprint density at radius 2 is 1.20 bits per heavy atom. The molecule has 0 amide bonds. The van der Waals surface area contributed by atoms with Gasteiger partial charge in [-0.05, 0) is 92.0 Å². The minimum absolute atomic E-state index is 0.0165. The van der Waals surface area contributed by atoms with E-state index in [9.17, 15) is 0 Å². The van der Waals surface area contributed by atoms with Crippen molar-refractivity contribution in [2.75, 3.05) is 4.90 Å². The second-order valence-electron chi connectivity index (χ2n) is 14.8. The van der Waals surface area contributed by atoms with Crippen molar-refractivity contribution in [3.05, 3.63) is 215 Å². The number of rotatable bonds is 8. The monoisotopic (exact) mass is 726 g/mol. The van der Waals surface area contributed by atoms with Crippen LogP contribution in [0.1, 0.15) is 60.9 Å². The summed E-state index contributed by atoms with van der Waals surface area (Å²) in [7, 11) is 0. The summed E-state index contributed by atoms with van der Waals surface area (Å²) in [6.07, 6.45) is 7.02. The summed E-state index contributed by atoms with van der Waals surface area (Å²) in [5.41, 5.74) is 15.1. The van der Waals surface area contributed by atoms with Crippen LogP contribution in [0.4, 0.5) is 11.4 Å². The molecule has 1 aliphatic rings. The van der Waals surface area contributed by atoms with Crippen LogP contribution in [0, 0.1) is 0 Å². The van der Waals surface area contributed by atoms with Crippen molar-refractivity contribution in [1.29, 1.82) is 0 Å². The molecule has 0 spiro atoms. The van der Waals surface area contributed by atoms with Crippen LogP contribution in [0.2, 0.25) is 0 Å². The average Bonchev–Trinajstić information content (AvgIpc) is 3.25. The molecule has 1 aliphatic heterocycles.